The zero-order chi connectivity index (χ0) is 13.9. The number of carbonyl (C=O) groups excluding carboxylic acids is 1. The van der Waals surface area contributed by atoms with E-state index in [0.29, 0.717) is 5.69 Å². The van der Waals surface area contributed by atoms with Gasteiger partial charge in [0.25, 0.3) is 5.91 Å². The molecule has 2 aromatic rings. The van der Waals surface area contributed by atoms with Gasteiger partial charge in [-0.3, -0.25) is 4.79 Å². The van der Waals surface area contributed by atoms with Crippen LogP contribution in [0.3, 0.4) is 0 Å². The minimum atomic E-state index is -0.279. The Kier molecular flexibility index (Phi) is 3.50. The molecule has 0 N–H and O–H groups in total. The molecule has 0 spiro atoms. The first-order valence-corrected chi connectivity index (χ1v) is 6.83. The second-order valence-electron chi connectivity index (χ2n) is 5.00. The minimum Gasteiger partial charge on any atom is -0.337 e. The van der Waals surface area contributed by atoms with Crippen molar-refractivity contribution in [1.29, 1.82) is 0 Å². The molecule has 1 aromatic heterocycles. The number of amides is 1. The predicted molar refractivity (Wildman–Crippen MR) is 73.3 cm³/mol. The molecular weight excluding hydrogens is 257 g/mol. The molecule has 2 heterocycles. The minimum absolute atomic E-state index is 0.0226. The Bertz CT molecular complexity index is 600. The lowest BCUT2D eigenvalue weighted by Gasteiger charge is -2.25. The summed E-state index contributed by atoms with van der Waals surface area (Å²) in [6.45, 7) is 1.62. The average molecular weight is 273 g/mol. The lowest BCUT2D eigenvalue weighted by molar-refractivity contribution is 0.0719. The molecule has 1 saturated heterocycles. The molecular formula is C15H16FN3O. The van der Waals surface area contributed by atoms with Crippen molar-refractivity contribution in [2.75, 3.05) is 13.1 Å². The molecule has 0 saturated carbocycles. The number of halogens is 1. The fraction of sp³-hybridized carbons (Fsp3) is 0.333. The molecule has 104 valence electrons. The van der Waals surface area contributed by atoms with Gasteiger partial charge in [-0.15, -0.1) is 0 Å². The average Bonchev–Trinajstić information content (AvgIpc) is 2.98. The number of carbonyl (C=O) groups is 1. The maximum atomic E-state index is 12.9. The smallest absolute Gasteiger partial charge is 0.274 e. The van der Waals surface area contributed by atoms with Gasteiger partial charge in [-0.05, 0) is 43.5 Å². The van der Waals surface area contributed by atoms with Gasteiger partial charge in [-0.25, -0.2) is 9.37 Å². The van der Waals surface area contributed by atoms with Crippen molar-refractivity contribution in [1.82, 2.24) is 14.5 Å². The fourth-order valence-electron chi connectivity index (χ4n) is 2.45. The van der Waals surface area contributed by atoms with Crippen LogP contribution in [0.15, 0.2) is 36.8 Å². The number of aromatic nitrogens is 2. The van der Waals surface area contributed by atoms with Crippen molar-refractivity contribution in [3.63, 3.8) is 0 Å². The number of likely N-dealkylation sites (tertiary alicyclic amines) is 1. The van der Waals surface area contributed by atoms with E-state index in [0.717, 1.165) is 31.6 Å². The summed E-state index contributed by atoms with van der Waals surface area (Å²) < 4.78 is 14.6. The molecule has 0 radical (unpaired) electrons. The third kappa shape index (κ3) is 2.57. The first-order chi connectivity index (χ1) is 9.74. The van der Waals surface area contributed by atoms with Crippen molar-refractivity contribution in [3.8, 4) is 5.69 Å². The number of rotatable bonds is 2. The second-order valence-corrected chi connectivity index (χ2v) is 5.00. The number of benzene rings is 1. The van der Waals surface area contributed by atoms with E-state index in [1.807, 2.05) is 4.90 Å². The van der Waals surface area contributed by atoms with Crippen LogP contribution in [0.5, 0.6) is 0 Å². The van der Waals surface area contributed by atoms with E-state index in [1.165, 1.54) is 18.6 Å². The molecule has 1 aliphatic heterocycles. The summed E-state index contributed by atoms with van der Waals surface area (Å²) in [6.07, 6.45) is 6.59. The van der Waals surface area contributed by atoms with Crippen LogP contribution in [0, 0.1) is 5.82 Å². The molecule has 0 unspecified atom stereocenters. The highest BCUT2D eigenvalue weighted by atomic mass is 19.1. The Morgan fingerprint density at radius 2 is 1.80 bits per heavy atom. The summed E-state index contributed by atoms with van der Waals surface area (Å²) in [6, 6.07) is 6.10. The SMILES string of the molecule is O=C(c1cn(-c2ccc(F)cc2)cn1)N1CCCCC1. The number of nitrogens with zero attached hydrogens (tertiary/aromatic N) is 3. The molecule has 3 rings (SSSR count). The molecule has 1 fully saturated rings. The van der Waals surface area contributed by atoms with Crippen molar-refractivity contribution >= 4 is 5.91 Å². The molecule has 1 aromatic carbocycles. The first-order valence-electron chi connectivity index (χ1n) is 6.83. The molecule has 1 aliphatic rings. The lowest BCUT2D eigenvalue weighted by Crippen LogP contribution is -2.35. The lowest BCUT2D eigenvalue weighted by atomic mass is 10.1. The van der Waals surface area contributed by atoms with Crippen LogP contribution in [0.4, 0.5) is 4.39 Å². The summed E-state index contributed by atoms with van der Waals surface area (Å²) >= 11 is 0. The third-order valence-corrected chi connectivity index (χ3v) is 3.57. The highest BCUT2D eigenvalue weighted by Gasteiger charge is 2.20. The Balaban J connectivity index is 1.79. The zero-order valence-corrected chi connectivity index (χ0v) is 11.1. The quantitative estimate of drug-likeness (QED) is 0.843. The van der Waals surface area contributed by atoms with Crippen molar-refractivity contribution < 1.29 is 9.18 Å². The van der Waals surface area contributed by atoms with Gasteiger partial charge in [0.2, 0.25) is 0 Å². The Morgan fingerprint density at radius 3 is 2.50 bits per heavy atom. The van der Waals surface area contributed by atoms with Crippen LogP contribution in [-0.4, -0.2) is 33.4 Å². The van der Waals surface area contributed by atoms with E-state index in [2.05, 4.69) is 4.98 Å². The zero-order valence-electron chi connectivity index (χ0n) is 11.1. The van der Waals surface area contributed by atoms with Crippen LogP contribution in [0.1, 0.15) is 29.8 Å². The van der Waals surface area contributed by atoms with E-state index < -0.39 is 0 Å². The van der Waals surface area contributed by atoms with Gasteiger partial charge in [-0.2, -0.15) is 0 Å². The van der Waals surface area contributed by atoms with Crippen LogP contribution >= 0.6 is 0 Å². The summed E-state index contributed by atoms with van der Waals surface area (Å²) in [5.74, 6) is -0.302. The van der Waals surface area contributed by atoms with E-state index in [-0.39, 0.29) is 11.7 Å². The van der Waals surface area contributed by atoms with Gasteiger partial charge in [0.15, 0.2) is 0 Å². The molecule has 4 nitrogen and oxygen atoms in total. The number of hydrogen-bond acceptors (Lipinski definition) is 2. The largest absolute Gasteiger partial charge is 0.337 e. The first kappa shape index (κ1) is 12.8. The summed E-state index contributed by atoms with van der Waals surface area (Å²) in [5, 5.41) is 0. The van der Waals surface area contributed by atoms with Gasteiger partial charge in [0, 0.05) is 25.0 Å². The number of piperidine rings is 1. The Labute approximate surface area is 116 Å². The van der Waals surface area contributed by atoms with Crippen LogP contribution in [0.2, 0.25) is 0 Å². The van der Waals surface area contributed by atoms with Gasteiger partial charge in [0.1, 0.15) is 17.8 Å². The maximum Gasteiger partial charge on any atom is 0.274 e. The molecule has 0 bridgehead atoms. The summed E-state index contributed by atoms with van der Waals surface area (Å²) in [4.78, 5) is 18.3. The van der Waals surface area contributed by atoms with E-state index in [9.17, 15) is 9.18 Å². The second kappa shape index (κ2) is 5.45. The number of imidazole rings is 1. The van der Waals surface area contributed by atoms with Gasteiger partial charge >= 0.3 is 0 Å². The molecule has 0 aliphatic carbocycles. The molecule has 20 heavy (non-hydrogen) atoms. The topological polar surface area (TPSA) is 38.1 Å². The molecule has 1 amide bonds. The monoisotopic (exact) mass is 273 g/mol. The van der Waals surface area contributed by atoms with Crippen LogP contribution < -0.4 is 0 Å². The van der Waals surface area contributed by atoms with Crippen LogP contribution in [0.25, 0.3) is 5.69 Å². The van der Waals surface area contributed by atoms with E-state index >= 15 is 0 Å². The van der Waals surface area contributed by atoms with Crippen molar-refractivity contribution in [2.45, 2.75) is 19.3 Å². The highest BCUT2D eigenvalue weighted by Crippen LogP contribution is 2.14. The standard InChI is InChI=1S/C15H16FN3O/c16-12-4-6-13(7-5-12)19-10-14(17-11-19)15(20)18-8-2-1-3-9-18/h4-7,10-11H,1-3,8-9H2. The normalized spacial score (nSPS) is 15.3. The van der Waals surface area contributed by atoms with E-state index in [1.54, 1.807) is 29.2 Å². The predicted octanol–water partition coefficient (Wildman–Crippen LogP) is 2.64. The fourth-order valence-corrected chi connectivity index (χ4v) is 2.45. The van der Waals surface area contributed by atoms with Crippen LogP contribution in [-0.2, 0) is 0 Å². The van der Waals surface area contributed by atoms with Gasteiger partial charge < -0.3 is 9.47 Å². The Morgan fingerprint density at radius 1 is 1.10 bits per heavy atom. The molecule has 0 atom stereocenters. The summed E-state index contributed by atoms with van der Waals surface area (Å²) in [5.41, 5.74) is 1.23. The highest BCUT2D eigenvalue weighted by molar-refractivity contribution is 5.92. The maximum absolute atomic E-state index is 12.9. The van der Waals surface area contributed by atoms with Crippen molar-refractivity contribution in [2.24, 2.45) is 0 Å². The van der Waals surface area contributed by atoms with Gasteiger partial charge in [0.05, 0.1) is 0 Å². The number of hydrogen-bond donors (Lipinski definition) is 0. The molecule has 5 heteroatoms. The van der Waals surface area contributed by atoms with Gasteiger partial charge in [-0.1, -0.05) is 0 Å². The summed E-state index contributed by atoms with van der Waals surface area (Å²) in [7, 11) is 0. The Hall–Kier alpha value is -2.17. The van der Waals surface area contributed by atoms with Crippen molar-refractivity contribution in [3.05, 3.63) is 48.3 Å². The van der Waals surface area contributed by atoms with E-state index in [4.69, 9.17) is 0 Å². The third-order valence-electron chi connectivity index (χ3n) is 3.57.